The van der Waals surface area contributed by atoms with Gasteiger partial charge in [0.2, 0.25) is 0 Å². The van der Waals surface area contributed by atoms with Crippen LogP contribution in [0, 0.1) is 5.82 Å². The third-order valence-corrected chi connectivity index (χ3v) is 3.33. The summed E-state index contributed by atoms with van der Waals surface area (Å²) in [6.07, 6.45) is 4.37. The van der Waals surface area contributed by atoms with Gasteiger partial charge >= 0.3 is 0 Å². The molecule has 0 amide bonds. The minimum atomic E-state index is -0.263. The maximum Gasteiger partial charge on any atom is 0.123 e. The molecule has 1 fully saturated rings. The van der Waals surface area contributed by atoms with Gasteiger partial charge in [-0.1, -0.05) is 0 Å². The van der Waals surface area contributed by atoms with Gasteiger partial charge in [-0.3, -0.25) is 0 Å². The summed E-state index contributed by atoms with van der Waals surface area (Å²) in [5, 5.41) is 4.55. The lowest BCUT2D eigenvalue weighted by Crippen LogP contribution is -2.10. The van der Waals surface area contributed by atoms with Gasteiger partial charge in [-0.05, 0) is 49.6 Å². The highest BCUT2D eigenvalue weighted by Gasteiger charge is 2.26. The van der Waals surface area contributed by atoms with Crippen LogP contribution in [0.3, 0.4) is 0 Å². The highest BCUT2D eigenvalue weighted by atomic mass is 19.1. The van der Waals surface area contributed by atoms with Crippen molar-refractivity contribution in [1.29, 1.82) is 0 Å². The molecule has 3 nitrogen and oxygen atoms in total. The Labute approximate surface area is 105 Å². The number of hydrogen-bond donors (Lipinski definition) is 1. The first-order chi connectivity index (χ1) is 8.65. The van der Waals surface area contributed by atoms with Gasteiger partial charge < -0.3 is 5.73 Å². The van der Waals surface area contributed by atoms with Crippen LogP contribution in [0.5, 0.6) is 0 Å². The molecule has 1 aliphatic rings. The Bertz CT molecular complexity index is 570. The molecule has 1 heterocycles. The molecule has 1 aromatic carbocycles. The molecule has 0 aliphatic heterocycles. The van der Waals surface area contributed by atoms with Crippen LogP contribution < -0.4 is 5.73 Å². The fourth-order valence-electron chi connectivity index (χ4n) is 2.17. The van der Waals surface area contributed by atoms with Gasteiger partial charge in [0.05, 0.1) is 11.4 Å². The van der Waals surface area contributed by atoms with E-state index in [0.717, 1.165) is 16.9 Å². The maximum absolute atomic E-state index is 13.3. The van der Waals surface area contributed by atoms with Gasteiger partial charge in [-0.2, -0.15) is 5.10 Å². The quantitative estimate of drug-likeness (QED) is 0.903. The molecule has 18 heavy (non-hydrogen) atoms. The highest BCUT2D eigenvalue weighted by Crippen LogP contribution is 2.39. The van der Waals surface area contributed by atoms with Crippen molar-refractivity contribution >= 4 is 0 Å². The highest BCUT2D eigenvalue weighted by molar-refractivity contribution is 5.42. The van der Waals surface area contributed by atoms with Gasteiger partial charge in [0.15, 0.2) is 0 Å². The van der Waals surface area contributed by atoms with E-state index < -0.39 is 0 Å². The first kappa shape index (κ1) is 11.4. The third kappa shape index (κ3) is 2.04. The Morgan fingerprint density at radius 1 is 1.39 bits per heavy atom. The zero-order chi connectivity index (χ0) is 12.7. The number of benzene rings is 1. The van der Waals surface area contributed by atoms with Crippen LogP contribution in [0.1, 0.15) is 43.0 Å². The van der Waals surface area contributed by atoms with E-state index in [-0.39, 0.29) is 11.9 Å². The second kappa shape index (κ2) is 4.21. The molecule has 2 N–H and O–H groups in total. The summed E-state index contributed by atoms with van der Waals surface area (Å²) in [6, 6.07) is 6.48. The van der Waals surface area contributed by atoms with Crippen LogP contribution in [0.2, 0.25) is 0 Å². The topological polar surface area (TPSA) is 43.8 Å². The number of nitrogens with two attached hydrogens (primary N) is 1. The largest absolute Gasteiger partial charge is 0.324 e. The summed E-state index contributed by atoms with van der Waals surface area (Å²) in [7, 11) is 0. The predicted octanol–water partition coefficient (Wildman–Crippen LogP) is 2.91. The lowest BCUT2D eigenvalue weighted by atomic mass is 10.1. The van der Waals surface area contributed by atoms with Crippen molar-refractivity contribution in [3.05, 3.63) is 47.5 Å². The van der Waals surface area contributed by atoms with Crippen LogP contribution in [0.25, 0.3) is 5.69 Å². The molecule has 94 valence electrons. The normalized spacial score (nSPS) is 16.8. The lowest BCUT2D eigenvalue weighted by molar-refractivity contribution is 0.620. The fraction of sp³-hybridized carbons (Fsp3) is 0.357. The second-order valence-corrected chi connectivity index (χ2v) is 4.95. The predicted molar refractivity (Wildman–Crippen MR) is 68.1 cm³/mol. The number of aromatic nitrogens is 2. The van der Waals surface area contributed by atoms with Gasteiger partial charge in [0.1, 0.15) is 5.82 Å². The molecule has 0 radical (unpaired) electrons. The standard InChI is InChI=1S/C14H16FN3/c1-9(16)12-8-11(15)4-5-14(12)18-7-6-13(17-18)10-2-3-10/h4-10H,2-3,16H2,1H3/t9-/m1/s1. The molecule has 1 saturated carbocycles. The minimum Gasteiger partial charge on any atom is -0.324 e. The zero-order valence-corrected chi connectivity index (χ0v) is 10.3. The van der Waals surface area contributed by atoms with Gasteiger partial charge in [0.25, 0.3) is 0 Å². The number of halogens is 1. The average molecular weight is 245 g/mol. The Hall–Kier alpha value is -1.68. The van der Waals surface area contributed by atoms with Crippen LogP contribution in [0.15, 0.2) is 30.5 Å². The molecule has 0 bridgehead atoms. The summed E-state index contributed by atoms with van der Waals surface area (Å²) >= 11 is 0. The molecule has 1 atom stereocenters. The minimum absolute atomic E-state index is 0.218. The average Bonchev–Trinajstić information content (AvgIpc) is 3.08. The third-order valence-electron chi connectivity index (χ3n) is 3.33. The van der Waals surface area contributed by atoms with Crippen LogP contribution in [-0.2, 0) is 0 Å². The summed E-state index contributed by atoms with van der Waals surface area (Å²) in [5.41, 5.74) is 8.65. The first-order valence-corrected chi connectivity index (χ1v) is 6.26. The van der Waals surface area contributed by atoms with Crippen LogP contribution in [-0.4, -0.2) is 9.78 Å². The van der Waals surface area contributed by atoms with Gasteiger partial charge in [0, 0.05) is 18.2 Å². The van der Waals surface area contributed by atoms with E-state index in [1.54, 1.807) is 10.7 Å². The Kier molecular flexibility index (Phi) is 2.67. The molecule has 3 rings (SSSR count). The second-order valence-electron chi connectivity index (χ2n) is 4.95. The van der Waals surface area contributed by atoms with E-state index in [4.69, 9.17) is 5.73 Å². The lowest BCUT2D eigenvalue weighted by Gasteiger charge is -2.12. The Balaban J connectivity index is 2.03. The Morgan fingerprint density at radius 2 is 2.17 bits per heavy atom. The monoisotopic (exact) mass is 245 g/mol. The molecular weight excluding hydrogens is 229 g/mol. The van der Waals surface area contributed by atoms with Crippen molar-refractivity contribution in [3.63, 3.8) is 0 Å². The van der Waals surface area contributed by atoms with Crippen molar-refractivity contribution in [2.45, 2.75) is 31.7 Å². The van der Waals surface area contributed by atoms with Crippen LogP contribution >= 0.6 is 0 Å². The molecule has 1 aromatic heterocycles. The van der Waals surface area contributed by atoms with E-state index in [2.05, 4.69) is 5.10 Å². The summed E-state index contributed by atoms with van der Waals surface area (Å²) in [5.74, 6) is 0.353. The van der Waals surface area contributed by atoms with E-state index in [1.807, 2.05) is 19.2 Å². The Morgan fingerprint density at radius 3 is 2.83 bits per heavy atom. The number of nitrogens with zero attached hydrogens (tertiary/aromatic N) is 2. The summed E-state index contributed by atoms with van der Waals surface area (Å²) in [4.78, 5) is 0. The van der Waals surface area contributed by atoms with Gasteiger partial charge in [-0.25, -0.2) is 9.07 Å². The smallest absolute Gasteiger partial charge is 0.123 e. The molecule has 0 unspecified atom stereocenters. The summed E-state index contributed by atoms with van der Waals surface area (Å²) < 4.78 is 15.1. The molecule has 0 saturated heterocycles. The van der Waals surface area contributed by atoms with Crippen molar-refractivity contribution in [2.24, 2.45) is 5.73 Å². The number of rotatable bonds is 3. The van der Waals surface area contributed by atoms with E-state index in [1.165, 1.54) is 25.0 Å². The molecule has 1 aliphatic carbocycles. The molecule has 4 heteroatoms. The summed E-state index contributed by atoms with van der Waals surface area (Å²) in [6.45, 7) is 1.85. The van der Waals surface area contributed by atoms with E-state index >= 15 is 0 Å². The van der Waals surface area contributed by atoms with E-state index in [0.29, 0.717) is 5.92 Å². The van der Waals surface area contributed by atoms with Crippen molar-refractivity contribution in [3.8, 4) is 5.69 Å². The van der Waals surface area contributed by atoms with Gasteiger partial charge in [-0.15, -0.1) is 0 Å². The fourth-order valence-corrected chi connectivity index (χ4v) is 2.17. The molecular formula is C14H16FN3. The maximum atomic E-state index is 13.3. The molecule has 0 spiro atoms. The van der Waals surface area contributed by atoms with E-state index in [9.17, 15) is 4.39 Å². The number of hydrogen-bond acceptors (Lipinski definition) is 2. The van der Waals surface area contributed by atoms with Crippen molar-refractivity contribution < 1.29 is 4.39 Å². The van der Waals surface area contributed by atoms with Crippen LogP contribution in [0.4, 0.5) is 4.39 Å². The van der Waals surface area contributed by atoms with Crippen molar-refractivity contribution in [2.75, 3.05) is 0 Å². The zero-order valence-electron chi connectivity index (χ0n) is 10.3. The SMILES string of the molecule is C[C@@H](N)c1cc(F)ccc1-n1ccc(C2CC2)n1. The first-order valence-electron chi connectivity index (χ1n) is 6.26. The van der Waals surface area contributed by atoms with Crippen molar-refractivity contribution in [1.82, 2.24) is 9.78 Å². The molecule has 2 aromatic rings.